The first-order valence-electron chi connectivity index (χ1n) is 6.29. The third kappa shape index (κ3) is 4.11. The summed E-state index contributed by atoms with van der Waals surface area (Å²) in [4.78, 5) is 12.1. The molecule has 0 saturated carbocycles. The van der Waals surface area contributed by atoms with E-state index in [0.717, 1.165) is 0 Å². The average Bonchev–Trinajstić information content (AvgIpc) is 2.35. The summed E-state index contributed by atoms with van der Waals surface area (Å²) >= 11 is 1.65. The van der Waals surface area contributed by atoms with Crippen molar-refractivity contribution in [3.05, 3.63) is 42.0 Å². The predicted molar refractivity (Wildman–Crippen MR) is 76.1 cm³/mol. The van der Waals surface area contributed by atoms with E-state index in [0.29, 0.717) is 0 Å². The molecule has 4 heteroatoms. The van der Waals surface area contributed by atoms with Crippen LogP contribution < -0.4 is 0 Å². The Bertz CT molecular complexity index is 467. The van der Waals surface area contributed by atoms with Gasteiger partial charge >= 0.3 is 5.97 Å². The zero-order valence-electron chi connectivity index (χ0n) is 11.3. The summed E-state index contributed by atoms with van der Waals surface area (Å²) in [5.41, 5.74) is 1.21. The lowest BCUT2D eigenvalue weighted by atomic mass is 10.2. The highest BCUT2D eigenvalue weighted by Gasteiger charge is 2.26. The molecule has 0 N–H and O–H groups in total. The van der Waals surface area contributed by atoms with E-state index in [1.54, 1.807) is 11.8 Å². The highest BCUT2D eigenvalue weighted by Crippen LogP contribution is 2.29. The Morgan fingerprint density at radius 3 is 2.53 bits per heavy atom. The number of hydrogen-bond donors (Lipinski definition) is 0. The molecule has 0 aromatic heterocycles. The van der Waals surface area contributed by atoms with E-state index in [1.165, 1.54) is 17.4 Å². The molecule has 1 aromatic carbocycles. The van der Waals surface area contributed by atoms with E-state index in [9.17, 15) is 4.79 Å². The first kappa shape index (κ1) is 14.2. The maximum atomic E-state index is 10.9. The second-order valence-electron chi connectivity index (χ2n) is 4.60. The second kappa shape index (κ2) is 6.26. The van der Waals surface area contributed by atoms with Crippen molar-refractivity contribution in [1.29, 1.82) is 0 Å². The molecule has 2 rings (SSSR count). The third-order valence-corrected chi connectivity index (χ3v) is 3.89. The Morgan fingerprint density at radius 1 is 1.26 bits per heavy atom. The highest BCUT2D eigenvalue weighted by atomic mass is 32.2. The Balaban J connectivity index is 1.97. The van der Waals surface area contributed by atoms with E-state index >= 15 is 0 Å². The van der Waals surface area contributed by atoms with E-state index in [-0.39, 0.29) is 23.6 Å². The minimum absolute atomic E-state index is 0.0375. The number of rotatable bonds is 3. The van der Waals surface area contributed by atoms with Gasteiger partial charge in [0.05, 0.1) is 6.10 Å². The SMILES string of the molecule is CC(=O)O[C@@H]1C=CC(Sc2ccc(C)cc2)O[C@H]1C. The van der Waals surface area contributed by atoms with Crippen molar-refractivity contribution >= 4 is 17.7 Å². The van der Waals surface area contributed by atoms with Crippen molar-refractivity contribution in [2.75, 3.05) is 0 Å². The normalized spacial score (nSPS) is 26.2. The van der Waals surface area contributed by atoms with Gasteiger partial charge < -0.3 is 9.47 Å². The van der Waals surface area contributed by atoms with Gasteiger partial charge in [0.15, 0.2) is 0 Å². The third-order valence-electron chi connectivity index (χ3n) is 2.84. The topological polar surface area (TPSA) is 35.5 Å². The van der Waals surface area contributed by atoms with Crippen LogP contribution in [0.5, 0.6) is 0 Å². The Morgan fingerprint density at radius 2 is 1.95 bits per heavy atom. The van der Waals surface area contributed by atoms with Crippen LogP contribution in [0.25, 0.3) is 0 Å². The van der Waals surface area contributed by atoms with Gasteiger partial charge in [-0.25, -0.2) is 0 Å². The van der Waals surface area contributed by atoms with Gasteiger partial charge in [-0.15, -0.1) is 0 Å². The molecular weight excluding hydrogens is 260 g/mol. The smallest absolute Gasteiger partial charge is 0.303 e. The van der Waals surface area contributed by atoms with Crippen molar-refractivity contribution in [2.24, 2.45) is 0 Å². The van der Waals surface area contributed by atoms with Crippen molar-refractivity contribution in [2.45, 2.75) is 43.3 Å². The molecule has 0 fully saturated rings. The fourth-order valence-corrected chi connectivity index (χ4v) is 2.80. The van der Waals surface area contributed by atoms with Crippen molar-refractivity contribution in [3.8, 4) is 0 Å². The van der Waals surface area contributed by atoms with E-state index in [1.807, 2.05) is 19.1 Å². The van der Waals surface area contributed by atoms with Crippen LogP contribution in [0.2, 0.25) is 0 Å². The van der Waals surface area contributed by atoms with E-state index in [4.69, 9.17) is 9.47 Å². The second-order valence-corrected chi connectivity index (χ2v) is 5.77. The molecule has 3 atom stereocenters. The molecule has 3 nitrogen and oxygen atoms in total. The lowest BCUT2D eigenvalue weighted by Gasteiger charge is -2.29. The van der Waals surface area contributed by atoms with Gasteiger partial charge in [0.2, 0.25) is 0 Å². The molecule has 1 unspecified atom stereocenters. The van der Waals surface area contributed by atoms with Gasteiger partial charge in [-0.05, 0) is 38.1 Å². The fourth-order valence-electron chi connectivity index (χ4n) is 1.84. The monoisotopic (exact) mass is 278 g/mol. The lowest BCUT2D eigenvalue weighted by molar-refractivity contribution is -0.151. The summed E-state index contributed by atoms with van der Waals surface area (Å²) < 4.78 is 11.0. The summed E-state index contributed by atoms with van der Waals surface area (Å²) in [6.07, 6.45) is 3.43. The zero-order chi connectivity index (χ0) is 13.8. The Hall–Kier alpha value is -1.26. The number of benzene rings is 1. The highest BCUT2D eigenvalue weighted by molar-refractivity contribution is 8.00. The van der Waals surface area contributed by atoms with Crippen LogP contribution in [-0.2, 0) is 14.3 Å². The fraction of sp³-hybridized carbons (Fsp3) is 0.400. The van der Waals surface area contributed by atoms with Gasteiger partial charge in [0.1, 0.15) is 11.5 Å². The van der Waals surface area contributed by atoms with Gasteiger partial charge in [-0.3, -0.25) is 4.79 Å². The first-order chi connectivity index (χ1) is 9.04. The number of esters is 1. The van der Waals surface area contributed by atoms with Crippen LogP contribution in [0.1, 0.15) is 19.4 Å². The molecule has 102 valence electrons. The van der Waals surface area contributed by atoms with Crippen molar-refractivity contribution in [3.63, 3.8) is 0 Å². The number of thioether (sulfide) groups is 1. The summed E-state index contributed by atoms with van der Waals surface area (Å²) in [7, 11) is 0. The molecule has 0 amide bonds. The maximum absolute atomic E-state index is 10.9. The average molecular weight is 278 g/mol. The number of aryl methyl sites for hydroxylation is 1. The standard InChI is InChI=1S/C15H18O3S/c1-10-4-6-13(7-5-10)19-15-9-8-14(11(2)17-15)18-12(3)16/h4-9,11,14-15H,1-3H3/t11-,14+,15?/m0/s1. The summed E-state index contributed by atoms with van der Waals surface area (Å²) in [6, 6.07) is 8.33. The van der Waals surface area contributed by atoms with Crippen molar-refractivity contribution < 1.29 is 14.3 Å². The van der Waals surface area contributed by atoms with E-state index < -0.39 is 0 Å². The van der Waals surface area contributed by atoms with Crippen LogP contribution in [0.15, 0.2) is 41.3 Å². The minimum Gasteiger partial charge on any atom is -0.456 e. The largest absolute Gasteiger partial charge is 0.456 e. The molecular formula is C15H18O3S. The summed E-state index contributed by atoms with van der Waals surface area (Å²) in [5, 5.41) is 0. The Labute approximate surface area is 118 Å². The molecule has 0 radical (unpaired) electrons. The van der Waals surface area contributed by atoms with Gasteiger partial charge in [-0.2, -0.15) is 0 Å². The van der Waals surface area contributed by atoms with Crippen LogP contribution in [0.3, 0.4) is 0 Å². The molecule has 1 aliphatic rings. The molecule has 0 aliphatic carbocycles. The molecule has 0 bridgehead atoms. The van der Waals surface area contributed by atoms with Crippen LogP contribution >= 0.6 is 11.8 Å². The van der Waals surface area contributed by atoms with Crippen molar-refractivity contribution in [1.82, 2.24) is 0 Å². The minimum atomic E-state index is -0.285. The molecule has 1 heterocycles. The predicted octanol–water partition coefficient (Wildman–Crippen LogP) is 3.32. The number of carbonyl (C=O) groups excluding carboxylic acids is 1. The number of carbonyl (C=O) groups is 1. The first-order valence-corrected chi connectivity index (χ1v) is 7.17. The molecule has 0 spiro atoms. The Kier molecular flexibility index (Phi) is 4.66. The summed E-state index contributed by atoms with van der Waals surface area (Å²) in [5.74, 6) is -0.283. The van der Waals surface area contributed by atoms with Gasteiger partial charge in [0.25, 0.3) is 0 Å². The number of hydrogen-bond acceptors (Lipinski definition) is 4. The molecule has 19 heavy (non-hydrogen) atoms. The molecule has 0 saturated heterocycles. The molecule has 1 aliphatic heterocycles. The summed E-state index contributed by atoms with van der Waals surface area (Å²) in [6.45, 7) is 5.39. The molecule has 1 aromatic rings. The van der Waals surface area contributed by atoms with Crippen LogP contribution in [0, 0.1) is 6.92 Å². The number of ether oxygens (including phenoxy) is 2. The quantitative estimate of drug-likeness (QED) is 0.627. The maximum Gasteiger partial charge on any atom is 0.303 e. The van der Waals surface area contributed by atoms with E-state index in [2.05, 4.69) is 31.2 Å². The van der Waals surface area contributed by atoms with Crippen LogP contribution in [0.4, 0.5) is 0 Å². The van der Waals surface area contributed by atoms with Gasteiger partial charge in [-0.1, -0.05) is 29.5 Å². The lowest BCUT2D eigenvalue weighted by Crippen LogP contribution is -2.34. The van der Waals surface area contributed by atoms with Crippen LogP contribution in [-0.4, -0.2) is 23.6 Å². The van der Waals surface area contributed by atoms with Gasteiger partial charge in [0, 0.05) is 11.8 Å². The zero-order valence-corrected chi connectivity index (χ0v) is 12.1.